The van der Waals surface area contributed by atoms with Gasteiger partial charge in [-0.15, -0.1) is 11.3 Å². The lowest BCUT2D eigenvalue weighted by Gasteiger charge is -2.05. The minimum absolute atomic E-state index is 0.0134. The van der Waals surface area contributed by atoms with E-state index in [1.807, 2.05) is 22.8 Å². The number of thiophene rings is 1. The van der Waals surface area contributed by atoms with E-state index < -0.39 is 24.5 Å². The molecule has 2 aromatic heterocycles. The first-order chi connectivity index (χ1) is 11.6. The molecule has 0 saturated heterocycles. The Bertz CT molecular complexity index is 698. The van der Waals surface area contributed by atoms with Crippen LogP contribution in [0.15, 0.2) is 22.0 Å². The molecule has 2 N–H and O–H groups in total. The van der Waals surface area contributed by atoms with Crippen LogP contribution in [0, 0.1) is 0 Å². The van der Waals surface area contributed by atoms with Crippen molar-refractivity contribution in [3.05, 3.63) is 23.4 Å². The predicted octanol–water partition coefficient (Wildman–Crippen LogP) is 1.12. The molecule has 2 rings (SSSR count). The summed E-state index contributed by atoms with van der Waals surface area (Å²) in [4.78, 5) is 39.1. The molecule has 0 bridgehead atoms. The van der Waals surface area contributed by atoms with Crippen LogP contribution in [0.4, 0.5) is 4.79 Å². The summed E-state index contributed by atoms with van der Waals surface area (Å²) in [6.07, 6.45) is 0.190. The largest absolute Gasteiger partial charge is 0.456 e. The molecule has 0 aliphatic heterocycles. The van der Waals surface area contributed by atoms with E-state index in [0.717, 1.165) is 4.88 Å². The number of amides is 3. The molecule has 0 atom stereocenters. The summed E-state index contributed by atoms with van der Waals surface area (Å²) in [5.41, 5.74) is 0. The van der Waals surface area contributed by atoms with Gasteiger partial charge in [0.25, 0.3) is 5.91 Å². The van der Waals surface area contributed by atoms with Crippen molar-refractivity contribution in [2.75, 3.05) is 13.2 Å². The number of aromatic nitrogens is 2. The normalized spacial score (nSPS) is 10.2. The first-order valence-electron chi connectivity index (χ1n) is 7.18. The van der Waals surface area contributed by atoms with Gasteiger partial charge >= 0.3 is 12.0 Å². The van der Waals surface area contributed by atoms with Gasteiger partial charge in [0, 0.05) is 13.0 Å². The van der Waals surface area contributed by atoms with Crippen molar-refractivity contribution in [3.63, 3.8) is 0 Å². The van der Waals surface area contributed by atoms with Crippen molar-refractivity contribution in [1.29, 1.82) is 0 Å². The fourth-order valence-electron chi connectivity index (χ4n) is 1.66. The van der Waals surface area contributed by atoms with E-state index in [1.165, 1.54) is 11.3 Å². The van der Waals surface area contributed by atoms with Crippen LogP contribution >= 0.6 is 11.3 Å². The molecule has 0 fully saturated rings. The number of hydrogen-bond donors (Lipinski definition) is 2. The Hall–Kier alpha value is -2.75. The Morgan fingerprint density at radius 1 is 1.38 bits per heavy atom. The van der Waals surface area contributed by atoms with E-state index in [0.29, 0.717) is 18.3 Å². The zero-order valence-corrected chi connectivity index (χ0v) is 13.7. The second kappa shape index (κ2) is 8.77. The maximum Gasteiger partial charge on any atom is 0.321 e. The Morgan fingerprint density at radius 3 is 2.92 bits per heavy atom. The molecule has 2 aromatic rings. The van der Waals surface area contributed by atoms with Gasteiger partial charge in [-0.1, -0.05) is 11.2 Å². The first-order valence-corrected chi connectivity index (χ1v) is 8.06. The van der Waals surface area contributed by atoms with Crippen molar-refractivity contribution in [3.8, 4) is 10.7 Å². The Morgan fingerprint density at radius 2 is 2.21 bits per heavy atom. The number of urea groups is 1. The quantitative estimate of drug-likeness (QED) is 0.716. The summed E-state index contributed by atoms with van der Waals surface area (Å²) in [7, 11) is 0. The van der Waals surface area contributed by atoms with Gasteiger partial charge in [-0.2, -0.15) is 4.98 Å². The molecule has 9 nitrogen and oxygen atoms in total. The summed E-state index contributed by atoms with van der Waals surface area (Å²) in [6, 6.07) is 3.10. The van der Waals surface area contributed by atoms with Crippen LogP contribution in [-0.4, -0.2) is 41.2 Å². The van der Waals surface area contributed by atoms with Crippen molar-refractivity contribution < 1.29 is 23.6 Å². The van der Waals surface area contributed by atoms with E-state index in [-0.39, 0.29) is 12.8 Å². The van der Waals surface area contributed by atoms with Gasteiger partial charge in [0.15, 0.2) is 6.61 Å². The number of nitrogens with zero attached hydrogens (tertiary/aromatic N) is 2. The van der Waals surface area contributed by atoms with E-state index in [9.17, 15) is 14.4 Å². The van der Waals surface area contributed by atoms with Crippen LogP contribution in [0.3, 0.4) is 0 Å². The number of aryl methyl sites for hydroxylation is 1. The average molecular weight is 352 g/mol. The SMILES string of the molecule is CCNC(=O)NC(=O)COC(=O)CCc1nc(-c2cccs2)no1. The number of ether oxygens (including phenoxy) is 1. The van der Waals surface area contributed by atoms with Crippen LogP contribution in [0.5, 0.6) is 0 Å². The molecule has 0 unspecified atom stereocenters. The van der Waals surface area contributed by atoms with E-state index >= 15 is 0 Å². The van der Waals surface area contributed by atoms with Gasteiger partial charge in [-0.3, -0.25) is 14.9 Å². The molecule has 2 heterocycles. The number of carbonyl (C=O) groups is 3. The minimum Gasteiger partial charge on any atom is -0.456 e. The zero-order chi connectivity index (χ0) is 17.4. The molecule has 0 radical (unpaired) electrons. The van der Waals surface area contributed by atoms with Gasteiger partial charge in [0.05, 0.1) is 11.3 Å². The summed E-state index contributed by atoms with van der Waals surface area (Å²) < 4.78 is 9.81. The molecule has 10 heteroatoms. The lowest BCUT2D eigenvalue weighted by molar-refractivity contribution is -0.148. The summed E-state index contributed by atoms with van der Waals surface area (Å²) in [5.74, 6) is -0.527. The van der Waals surface area contributed by atoms with Crippen LogP contribution in [0.2, 0.25) is 0 Å². The Labute approximate surface area is 141 Å². The van der Waals surface area contributed by atoms with Gasteiger partial charge < -0.3 is 14.6 Å². The topological polar surface area (TPSA) is 123 Å². The molecular formula is C14H16N4O5S. The Kier molecular flexibility index (Phi) is 6.43. The maximum atomic E-state index is 11.6. The zero-order valence-electron chi connectivity index (χ0n) is 12.9. The third-order valence-corrected chi connectivity index (χ3v) is 3.57. The highest BCUT2D eigenvalue weighted by molar-refractivity contribution is 7.13. The number of nitrogens with one attached hydrogen (secondary N) is 2. The van der Waals surface area contributed by atoms with E-state index in [1.54, 1.807) is 6.92 Å². The van der Waals surface area contributed by atoms with Crippen LogP contribution in [-0.2, 0) is 20.7 Å². The van der Waals surface area contributed by atoms with E-state index in [4.69, 9.17) is 9.26 Å². The van der Waals surface area contributed by atoms with Crippen LogP contribution in [0.1, 0.15) is 19.2 Å². The third kappa shape index (κ3) is 5.47. The molecule has 0 aliphatic rings. The second-order valence-corrected chi connectivity index (χ2v) is 5.51. The van der Waals surface area contributed by atoms with Crippen molar-refractivity contribution in [2.24, 2.45) is 0 Å². The second-order valence-electron chi connectivity index (χ2n) is 4.56. The molecule has 0 aliphatic carbocycles. The molecular weight excluding hydrogens is 336 g/mol. The third-order valence-electron chi connectivity index (χ3n) is 2.71. The lowest BCUT2D eigenvalue weighted by Crippen LogP contribution is -2.41. The molecule has 0 spiro atoms. The van der Waals surface area contributed by atoms with Crippen LogP contribution < -0.4 is 10.6 Å². The number of carbonyl (C=O) groups excluding carboxylic acids is 3. The smallest absolute Gasteiger partial charge is 0.321 e. The predicted molar refractivity (Wildman–Crippen MR) is 84.1 cm³/mol. The number of imide groups is 1. The lowest BCUT2D eigenvalue weighted by atomic mass is 10.3. The molecule has 128 valence electrons. The highest BCUT2D eigenvalue weighted by atomic mass is 32.1. The molecule has 3 amide bonds. The first kappa shape index (κ1) is 17.6. The Balaban J connectivity index is 1.70. The van der Waals surface area contributed by atoms with Gasteiger partial charge in [0.2, 0.25) is 11.7 Å². The summed E-state index contributed by atoms with van der Waals surface area (Å²) in [6.45, 7) is 1.57. The van der Waals surface area contributed by atoms with Gasteiger partial charge in [-0.25, -0.2) is 4.79 Å². The highest BCUT2D eigenvalue weighted by Crippen LogP contribution is 2.21. The summed E-state index contributed by atoms with van der Waals surface area (Å²) in [5, 5.41) is 10.1. The monoisotopic (exact) mass is 352 g/mol. The van der Waals surface area contributed by atoms with Crippen LogP contribution in [0.25, 0.3) is 10.7 Å². The average Bonchev–Trinajstić information content (AvgIpc) is 3.22. The number of hydrogen-bond acceptors (Lipinski definition) is 8. The van der Waals surface area contributed by atoms with Crippen molar-refractivity contribution >= 4 is 29.2 Å². The molecule has 0 aromatic carbocycles. The fourth-order valence-corrected chi connectivity index (χ4v) is 2.31. The number of rotatable bonds is 7. The van der Waals surface area contributed by atoms with E-state index in [2.05, 4.69) is 15.5 Å². The highest BCUT2D eigenvalue weighted by Gasteiger charge is 2.13. The molecule has 24 heavy (non-hydrogen) atoms. The van der Waals surface area contributed by atoms with Crippen molar-refractivity contribution in [2.45, 2.75) is 19.8 Å². The van der Waals surface area contributed by atoms with Gasteiger partial charge in [0.1, 0.15) is 0 Å². The standard InChI is InChI=1S/C14H16N4O5S/c1-2-15-14(21)16-10(19)8-22-12(20)6-5-11-17-13(18-23-11)9-4-3-7-24-9/h3-4,7H,2,5-6,8H2,1H3,(H2,15,16,19,21). The fraction of sp³-hybridized carbons (Fsp3) is 0.357. The number of esters is 1. The van der Waals surface area contributed by atoms with Gasteiger partial charge in [-0.05, 0) is 18.4 Å². The maximum absolute atomic E-state index is 11.6. The minimum atomic E-state index is -0.702. The molecule has 0 saturated carbocycles. The summed E-state index contributed by atoms with van der Waals surface area (Å²) >= 11 is 1.48. The van der Waals surface area contributed by atoms with Crippen molar-refractivity contribution in [1.82, 2.24) is 20.8 Å².